The van der Waals surface area contributed by atoms with Gasteiger partial charge in [-0.05, 0) is 17.7 Å². The highest BCUT2D eigenvalue weighted by Crippen LogP contribution is 2.13. The Bertz CT molecular complexity index is 296. The highest BCUT2D eigenvalue weighted by atomic mass is 16.3. The molecule has 0 spiro atoms. The molecular formula is C8H11N4O. The molecule has 0 heterocycles. The van der Waals surface area contributed by atoms with Crippen LogP contribution >= 0.6 is 0 Å². The molecule has 69 valence electrons. The molecule has 0 fully saturated rings. The van der Waals surface area contributed by atoms with E-state index >= 15 is 0 Å². The molecule has 5 nitrogen and oxygen atoms in total. The summed E-state index contributed by atoms with van der Waals surface area (Å²) in [6.07, 6.45) is -0.543. The number of nitrogens with one attached hydrogen (secondary N) is 2. The molecular weight excluding hydrogens is 168 g/mol. The third-order valence-corrected chi connectivity index (χ3v) is 1.55. The van der Waals surface area contributed by atoms with E-state index in [2.05, 4.69) is 5.32 Å². The Kier molecular flexibility index (Phi) is 2.71. The first-order chi connectivity index (χ1) is 6.09. The van der Waals surface area contributed by atoms with Gasteiger partial charge >= 0.3 is 0 Å². The maximum Gasteiger partial charge on any atom is 0.187 e. The van der Waals surface area contributed by atoms with E-state index in [0.717, 1.165) is 5.56 Å². The number of rotatable bonds is 2. The zero-order valence-electron chi connectivity index (χ0n) is 6.95. The summed E-state index contributed by atoms with van der Waals surface area (Å²) in [6.45, 7) is 0. The highest BCUT2D eigenvalue weighted by molar-refractivity contribution is 5.74. The molecule has 1 aromatic carbocycles. The minimum Gasteiger partial charge on any atom is -0.370 e. The van der Waals surface area contributed by atoms with Crippen LogP contribution in [-0.4, -0.2) is 5.96 Å². The molecule has 1 unspecified atom stereocenters. The zero-order chi connectivity index (χ0) is 9.84. The van der Waals surface area contributed by atoms with E-state index in [-0.39, 0.29) is 11.7 Å². The van der Waals surface area contributed by atoms with Crippen LogP contribution in [0.4, 0.5) is 0 Å². The predicted octanol–water partition coefficient (Wildman–Crippen LogP) is 0.271. The summed E-state index contributed by atoms with van der Waals surface area (Å²) >= 11 is 0. The zero-order valence-corrected chi connectivity index (χ0v) is 6.95. The number of hydrogen-bond acceptors (Lipinski definition) is 2. The van der Waals surface area contributed by atoms with Gasteiger partial charge in [0.25, 0.3) is 0 Å². The molecule has 0 bridgehead atoms. The average Bonchev–Trinajstić information content (AvgIpc) is 2.04. The van der Waals surface area contributed by atoms with E-state index in [4.69, 9.17) is 16.9 Å². The van der Waals surface area contributed by atoms with E-state index in [9.17, 15) is 5.11 Å². The normalized spacial score (nSPS) is 12.1. The molecule has 6 N–H and O–H groups in total. The smallest absolute Gasteiger partial charge is 0.187 e. The van der Waals surface area contributed by atoms with Gasteiger partial charge in [0.1, 0.15) is 6.17 Å². The third-order valence-electron chi connectivity index (χ3n) is 1.55. The molecule has 1 radical (unpaired) electrons. The van der Waals surface area contributed by atoms with Crippen molar-refractivity contribution in [2.75, 3.05) is 0 Å². The minimum absolute atomic E-state index is 0.0706. The van der Waals surface area contributed by atoms with Crippen molar-refractivity contribution < 1.29 is 5.11 Å². The fraction of sp³-hybridized carbons (Fsp3) is 0.125. The second kappa shape index (κ2) is 3.77. The molecule has 0 amide bonds. The molecule has 0 saturated carbocycles. The van der Waals surface area contributed by atoms with Crippen molar-refractivity contribution in [1.29, 1.82) is 5.41 Å². The number of benzene rings is 1. The van der Waals surface area contributed by atoms with Gasteiger partial charge in [0.05, 0.1) is 0 Å². The van der Waals surface area contributed by atoms with E-state index in [0.29, 0.717) is 0 Å². The number of hydrogen-bond donors (Lipinski definition) is 4. The van der Waals surface area contributed by atoms with Crippen molar-refractivity contribution in [3.63, 3.8) is 0 Å². The summed E-state index contributed by atoms with van der Waals surface area (Å²) in [6, 6.07) is 6.03. The Morgan fingerprint density at radius 3 is 2.38 bits per heavy atom. The van der Waals surface area contributed by atoms with Gasteiger partial charge in [-0.15, -0.1) is 0 Å². The Balaban J connectivity index is 2.71. The van der Waals surface area contributed by atoms with Gasteiger partial charge in [-0.2, -0.15) is 0 Å². The van der Waals surface area contributed by atoms with Gasteiger partial charge in [0, 0.05) is 0 Å². The molecule has 1 aromatic rings. The molecule has 0 aromatic heterocycles. The molecule has 0 aliphatic heterocycles. The quantitative estimate of drug-likeness (QED) is 0.297. The van der Waals surface area contributed by atoms with Gasteiger partial charge in [-0.3, -0.25) is 10.5 Å². The van der Waals surface area contributed by atoms with Crippen LogP contribution in [0.5, 0.6) is 5.75 Å². The topological polar surface area (TPSA) is 108 Å². The first-order valence-electron chi connectivity index (χ1n) is 3.72. The summed E-state index contributed by atoms with van der Waals surface area (Å²) in [4.78, 5) is 0. The molecule has 13 heavy (non-hydrogen) atoms. The van der Waals surface area contributed by atoms with Crippen molar-refractivity contribution in [3.05, 3.63) is 29.8 Å². The van der Waals surface area contributed by atoms with Crippen LogP contribution in [0.2, 0.25) is 0 Å². The summed E-state index contributed by atoms with van der Waals surface area (Å²) in [5.74, 6) is -0.266. The van der Waals surface area contributed by atoms with Gasteiger partial charge in [0.2, 0.25) is 0 Å². The summed E-state index contributed by atoms with van der Waals surface area (Å²) < 4.78 is 0. The summed E-state index contributed by atoms with van der Waals surface area (Å²) in [5.41, 5.74) is 11.4. The largest absolute Gasteiger partial charge is 0.370 e. The van der Waals surface area contributed by atoms with Crippen LogP contribution in [0.25, 0.3) is 0 Å². The van der Waals surface area contributed by atoms with Crippen LogP contribution in [0, 0.1) is 5.41 Å². The SMILES string of the molecule is N=C(N)NC(N)c1ccc([O])cc1. The minimum atomic E-state index is -0.543. The fourth-order valence-corrected chi connectivity index (χ4v) is 0.926. The van der Waals surface area contributed by atoms with Crippen molar-refractivity contribution >= 4 is 5.96 Å². The van der Waals surface area contributed by atoms with Crippen molar-refractivity contribution in [2.24, 2.45) is 11.5 Å². The lowest BCUT2D eigenvalue weighted by atomic mass is 10.2. The first kappa shape index (κ1) is 9.34. The second-order valence-corrected chi connectivity index (χ2v) is 2.60. The monoisotopic (exact) mass is 179 g/mol. The van der Waals surface area contributed by atoms with Crippen molar-refractivity contribution in [2.45, 2.75) is 6.17 Å². The van der Waals surface area contributed by atoms with Gasteiger partial charge in [0.15, 0.2) is 11.7 Å². The van der Waals surface area contributed by atoms with E-state index in [1.807, 2.05) is 0 Å². The van der Waals surface area contributed by atoms with Crippen LogP contribution in [0.3, 0.4) is 0 Å². The van der Waals surface area contributed by atoms with Crippen LogP contribution in [0.15, 0.2) is 24.3 Å². The van der Waals surface area contributed by atoms with E-state index in [1.54, 1.807) is 12.1 Å². The Labute approximate surface area is 75.9 Å². The molecule has 0 aliphatic carbocycles. The van der Waals surface area contributed by atoms with E-state index < -0.39 is 6.17 Å². The third kappa shape index (κ3) is 2.64. The lowest BCUT2D eigenvalue weighted by molar-refractivity contribution is 0.354. The van der Waals surface area contributed by atoms with Crippen molar-refractivity contribution in [3.8, 4) is 5.75 Å². The lowest BCUT2D eigenvalue weighted by Crippen LogP contribution is -2.38. The van der Waals surface area contributed by atoms with Gasteiger partial charge in [-0.25, -0.2) is 0 Å². The molecule has 0 aliphatic rings. The van der Waals surface area contributed by atoms with Gasteiger partial charge < -0.3 is 16.8 Å². The van der Waals surface area contributed by atoms with Crippen LogP contribution in [0.1, 0.15) is 11.7 Å². The maximum absolute atomic E-state index is 10.7. The second-order valence-electron chi connectivity index (χ2n) is 2.60. The van der Waals surface area contributed by atoms with Crippen molar-refractivity contribution in [1.82, 2.24) is 5.32 Å². The molecule has 1 atom stereocenters. The van der Waals surface area contributed by atoms with Gasteiger partial charge in [-0.1, -0.05) is 12.1 Å². The lowest BCUT2D eigenvalue weighted by Gasteiger charge is -2.13. The summed E-state index contributed by atoms with van der Waals surface area (Å²) in [5, 5.41) is 20.2. The maximum atomic E-state index is 10.7. The Hall–Kier alpha value is -1.75. The number of guanidine groups is 1. The average molecular weight is 179 g/mol. The van der Waals surface area contributed by atoms with E-state index in [1.165, 1.54) is 12.1 Å². The van der Waals surface area contributed by atoms with Crippen LogP contribution < -0.4 is 16.8 Å². The molecule has 5 heteroatoms. The standard InChI is InChI=1S/C8H11N4O/c9-7(12-8(10)11)5-1-3-6(13)4-2-5/h1-4,7H,9H2,(H4,10,11,12). The highest BCUT2D eigenvalue weighted by Gasteiger charge is 2.04. The molecule has 0 saturated heterocycles. The van der Waals surface area contributed by atoms with Crippen LogP contribution in [-0.2, 0) is 5.11 Å². The first-order valence-corrected chi connectivity index (χ1v) is 3.72. The Morgan fingerprint density at radius 2 is 1.92 bits per heavy atom. The number of nitrogens with two attached hydrogens (primary N) is 2. The predicted molar refractivity (Wildman–Crippen MR) is 48.6 cm³/mol. The summed E-state index contributed by atoms with van der Waals surface area (Å²) in [7, 11) is 0. The molecule has 1 rings (SSSR count). The fourth-order valence-electron chi connectivity index (χ4n) is 0.926. The Morgan fingerprint density at radius 1 is 1.38 bits per heavy atom.